The monoisotopic (exact) mass is 402 g/mol. The Kier molecular flexibility index (Phi) is 4.85. The van der Waals surface area contributed by atoms with Crippen molar-refractivity contribution >= 4 is 0 Å². The Labute approximate surface area is 181 Å². The highest BCUT2D eigenvalue weighted by atomic mass is 16.1. The van der Waals surface area contributed by atoms with E-state index in [0.29, 0.717) is 0 Å². The standard InChI is InChI=1S/C28H22N2O/c1-21-13-11-12-20-25(21)30-27(23-16-7-3-8-17-23)26(22-14-5-2-6-15-22)29(28(30)31)24-18-9-4-10-19-24/h2-20H,1H3. The number of benzene rings is 4. The van der Waals surface area contributed by atoms with Crippen LogP contribution in [0.1, 0.15) is 5.56 Å². The van der Waals surface area contributed by atoms with Gasteiger partial charge in [-0.15, -0.1) is 0 Å². The number of rotatable bonds is 4. The Morgan fingerprint density at radius 1 is 0.516 bits per heavy atom. The van der Waals surface area contributed by atoms with Gasteiger partial charge in [0.1, 0.15) is 0 Å². The van der Waals surface area contributed by atoms with Crippen molar-refractivity contribution in [3.63, 3.8) is 0 Å². The molecule has 31 heavy (non-hydrogen) atoms. The first-order chi connectivity index (χ1) is 15.3. The van der Waals surface area contributed by atoms with E-state index in [4.69, 9.17) is 0 Å². The Balaban J connectivity index is 1.98. The molecular weight excluding hydrogens is 380 g/mol. The van der Waals surface area contributed by atoms with Crippen LogP contribution in [0, 0.1) is 6.92 Å². The predicted molar refractivity (Wildman–Crippen MR) is 127 cm³/mol. The van der Waals surface area contributed by atoms with Crippen molar-refractivity contribution in [2.75, 3.05) is 0 Å². The van der Waals surface area contributed by atoms with E-state index < -0.39 is 0 Å². The molecule has 0 N–H and O–H groups in total. The summed E-state index contributed by atoms with van der Waals surface area (Å²) in [5.41, 5.74) is 6.45. The van der Waals surface area contributed by atoms with Crippen LogP contribution < -0.4 is 5.69 Å². The van der Waals surface area contributed by atoms with Crippen LogP contribution in [0.15, 0.2) is 120 Å². The van der Waals surface area contributed by atoms with Gasteiger partial charge in [-0.05, 0) is 30.7 Å². The molecular formula is C28H22N2O. The number of imidazole rings is 1. The van der Waals surface area contributed by atoms with Crippen LogP contribution in [-0.2, 0) is 0 Å². The Bertz CT molecular complexity index is 1380. The summed E-state index contributed by atoms with van der Waals surface area (Å²) >= 11 is 0. The van der Waals surface area contributed by atoms with E-state index in [1.165, 1.54) is 0 Å². The lowest BCUT2D eigenvalue weighted by Crippen LogP contribution is -2.23. The van der Waals surface area contributed by atoms with Crippen molar-refractivity contribution in [3.8, 4) is 33.9 Å². The van der Waals surface area contributed by atoms with Gasteiger partial charge in [0.05, 0.1) is 22.8 Å². The third-order valence-corrected chi connectivity index (χ3v) is 5.52. The van der Waals surface area contributed by atoms with Crippen molar-refractivity contribution in [2.45, 2.75) is 6.92 Å². The lowest BCUT2D eigenvalue weighted by atomic mass is 10.0. The molecule has 150 valence electrons. The molecule has 5 rings (SSSR count). The Hall–Kier alpha value is -4.11. The van der Waals surface area contributed by atoms with E-state index in [2.05, 4.69) is 24.3 Å². The number of para-hydroxylation sites is 2. The lowest BCUT2D eigenvalue weighted by molar-refractivity contribution is 0.908. The topological polar surface area (TPSA) is 26.9 Å². The average molecular weight is 402 g/mol. The average Bonchev–Trinajstić information content (AvgIpc) is 3.14. The van der Waals surface area contributed by atoms with Crippen LogP contribution in [0.4, 0.5) is 0 Å². The molecule has 0 saturated carbocycles. The summed E-state index contributed by atoms with van der Waals surface area (Å²) in [7, 11) is 0. The maximum atomic E-state index is 14.0. The van der Waals surface area contributed by atoms with Crippen molar-refractivity contribution in [2.24, 2.45) is 0 Å². The van der Waals surface area contributed by atoms with Crippen molar-refractivity contribution in [1.82, 2.24) is 9.13 Å². The van der Waals surface area contributed by atoms with Gasteiger partial charge in [0.25, 0.3) is 0 Å². The summed E-state index contributed by atoms with van der Waals surface area (Å²) in [6, 6.07) is 38.1. The third-order valence-electron chi connectivity index (χ3n) is 5.52. The minimum atomic E-state index is -0.0850. The van der Waals surface area contributed by atoms with E-state index >= 15 is 0 Å². The first-order valence-electron chi connectivity index (χ1n) is 10.4. The maximum Gasteiger partial charge on any atom is 0.338 e. The molecule has 5 aromatic rings. The van der Waals surface area contributed by atoms with E-state index in [-0.39, 0.29) is 5.69 Å². The molecule has 1 heterocycles. The number of aromatic nitrogens is 2. The van der Waals surface area contributed by atoms with Crippen LogP contribution in [0.3, 0.4) is 0 Å². The van der Waals surface area contributed by atoms with Gasteiger partial charge >= 0.3 is 5.69 Å². The summed E-state index contributed by atoms with van der Waals surface area (Å²) < 4.78 is 3.67. The first-order valence-corrected chi connectivity index (χ1v) is 10.4. The van der Waals surface area contributed by atoms with E-state index in [1.807, 2.05) is 107 Å². The first kappa shape index (κ1) is 18.9. The highest BCUT2D eigenvalue weighted by Gasteiger charge is 2.24. The Morgan fingerprint density at radius 2 is 0.968 bits per heavy atom. The van der Waals surface area contributed by atoms with Crippen LogP contribution in [0.2, 0.25) is 0 Å². The summed E-state index contributed by atoms with van der Waals surface area (Å²) in [6.45, 7) is 2.04. The van der Waals surface area contributed by atoms with Gasteiger partial charge < -0.3 is 0 Å². The number of hydrogen-bond acceptors (Lipinski definition) is 1. The second kappa shape index (κ2) is 7.96. The summed E-state index contributed by atoms with van der Waals surface area (Å²) in [5.74, 6) is 0. The smallest absolute Gasteiger partial charge is 0.260 e. The third kappa shape index (κ3) is 3.30. The zero-order chi connectivity index (χ0) is 21.2. The fourth-order valence-electron chi connectivity index (χ4n) is 4.08. The molecule has 0 spiro atoms. The normalized spacial score (nSPS) is 10.9. The molecule has 0 radical (unpaired) electrons. The van der Waals surface area contributed by atoms with Gasteiger partial charge in [0, 0.05) is 11.1 Å². The molecule has 0 aliphatic rings. The molecule has 0 saturated heterocycles. The highest BCUT2D eigenvalue weighted by molar-refractivity contribution is 5.82. The predicted octanol–water partition coefficient (Wildman–Crippen LogP) is 6.27. The van der Waals surface area contributed by atoms with Crippen molar-refractivity contribution < 1.29 is 0 Å². The number of hydrogen-bond donors (Lipinski definition) is 0. The van der Waals surface area contributed by atoms with Crippen LogP contribution in [0.5, 0.6) is 0 Å². The van der Waals surface area contributed by atoms with Gasteiger partial charge in [-0.25, -0.2) is 4.79 Å². The van der Waals surface area contributed by atoms with Gasteiger partial charge in [-0.1, -0.05) is 97.1 Å². The highest BCUT2D eigenvalue weighted by Crippen LogP contribution is 2.35. The SMILES string of the molecule is Cc1ccccc1-n1c(-c2ccccc2)c(-c2ccccc2)n(-c2ccccc2)c1=O. The second-order valence-electron chi connectivity index (χ2n) is 7.50. The summed E-state index contributed by atoms with van der Waals surface area (Å²) in [6.07, 6.45) is 0. The van der Waals surface area contributed by atoms with Gasteiger partial charge in [0.15, 0.2) is 0 Å². The van der Waals surface area contributed by atoms with Crippen LogP contribution >= 0.6 is 0 Å². The number of nitrogens with zero attached hydrogens (tertiary/aromatic N) is 2. The molecule has 3 heteroatoms. The van der Waals surface area contributed by atoms with Crippen molar-refractivity contribution in [3.05, 3.63) is 131 Å². The fraction of sp³-hybridized carbons (Fsp3) is 0.0357. The minimum absolute atomic E-state index is 0.0850. The minimum Gasteiger partial charge on any atom is -0.260 e. The van der Waals surface area contributed by atoms with Crippen LogP contribution in [-0.4, -0.2) is 9.13 Å². The molecule has 0 unspecified atom stereocenters. The van der Waals surface area contributed by atoms with Gasteiger partial charge in [-0.3, -0.25) is 9.13 Å². The molecule has 0 amide bonds. The molecule has 0 aliphatic carbocycles. The molecule has 4 aromatic carbocycles. The maximum absolute atomic E-state index is 14.0. The van der Waals surface area contributed by atoms with E-state index in [9.17, 15) is 4.79 Å². The zero-order valence-corrected chi connectivity index (χ0v) is 17.3. The quantitative estimate of drug-likeness (QED) is 0.348. The largest absolute Gasteiger partial charge is 0.338 e. The fourth-order valence-corrected chi connectivity index (χ4v) is 4.08. The lowest BCUT2D eigenvalue weighted by Gasteiger charge is -2.13. The van der Waals surface area contributed by atoms with Crippen molar-refractivity contribution in [1.29, 1.82) is 0 Å². The molecule has 1 aromatic heterocycles. The molecule has 0 bridgehead atoms. The van der Waals surface area contributed by atoms with Gasteiger partial charge in [0.2, 0.25) is 0 Å². The molecule has 0 aliphatic heterocycles. The van der Waals surface area contributed by atoms with Gasteiger partial charge in [-0.2, -0.15) is 0 Å². The summed E-state index contributed by atoms with van der Waals surface area (Å²) in [4.78, 5) is 14.0. The Morgan fingerprint density at radius 3 is 1.52 bits per heavy atom. The second-order valence-corrected chi connectivity index (χ2v) is 7.50. The summed E-state index contributed by atoms with van der Waals surface area (Å²) in [5, 5.41) is 0. The van der Waals surface area contributed by atoms with Crippen LogP contribution in [0.25, 0.3) is 33.9 Å². The van der Waals surface area contributed by atoms with E-state index in [0.717, 1.165) is 39.5 Å². The molecule has 3 nitrogen and oxygen atoms in total. The molecule has 0 atom stereocenters. The number of aryl methyl sites for hydroxylation is 1. The molecule has 0 fully saturated rings. The zero-order valence-electron chi connectivity index (χ0n) is 17.3. The van der Waals surface area contributed by atoms with E-state index in [1.54, 1.807) is 0 Å².